The largest absolute Gasteiger partial charge is 0.497 e. The van der Waals surface area contributed by atoms with Crippen LogP contribution in [0.3, 0.4) is 0 Å². The Morgan fingerprint density at radius 3 is 2.33 bits per heavy atom. The summed E-state index contributed by atoms with van der Waals surface area (Å²) >= 11 is 1.64. The molecule has 0 bridgehead atoms. The number of nitrogens with two attached hydrogens (primary N) is 1. The molecule has 0 aliphatic heterocycles. The minimum atomic E-state index is 0.498. The smallest absolute Gasteiger partial charge is 0.124 e. The van der Waals surface area contributed by atoms with Gasteiger partial charge in [-0.25, -0.2) is 4.98 Å². The zero-order valence-corrected chi connectivity index (χ0v) is 12.6. The molecule has 106 valence electrons. The Balaban J connectivity index is 2.02. The average molecular weight is 296 g/mol. The highest BCUT2D eigenvalue weighted by atomic mass is 32.1. The van der Waals surface area contributed by atoms with Crippen molar-refractivity contribution >= 4 is 11.3 Å². The van der Waals surface area contributed by atoms with Gasteiger partial charge in [0, 0.05) is 22.5 Å². The highest BCUT2D eigenvalue weighted by Gasteiger charge is 2.13. The predicted octanol–water partition coefficient (Wildman–Crippen LogP) is 3.94. The molecule has 0 aliphatic rings. The lowest BCUT2D eigenvalue weighted by atomic mass is 10.1. The van der Waals surface area contributed by atoms with Crippen LogP contribution in [0.25, 0.3) is 21.8 Å². The van der Waals surface area contributed by atoms with Gasteiger partial charge in [0.2, 0.25) is 0 Å². The minimum absolute atomic E-state index is 0.498. The van der Waals surface area contributed by atoms with Crippen LogP contribution in [0.1, 0.15) is 4.88 Å². The van der Waals surface area contributed by atoms with Gasteiger partial charge < -0.3 is 10.5 Å². The number of aromatic nitrogens is 1. The van der Waals surface area contributed by atoms with Crippen LogP contribution in [-0.4, -0.2) is 12.1 Å². The maximum Gasteiger partial charge on any atom is 0.124 e. The Morgan fingerprint density at radius 2 is 1.71 bits per heavy atom. The molecule has 0 saturated carbocycles. The first-order valence-electron chi connectivity index (χ1n) is 6.71. The maximum atomic E-state index is 5.88. The van der Waals surface area contributed by atoms with E-state index in [0.717, 1.165) is 32.5 Å². The minimum Gasteiger partial charge on any atom is -0.497 e. The first-order chi connectivity index (χ1) is 10.3. The lowest BCUT2D eigenvalue weighted by Gasteiger charge is -2.00. The van der Waals surface area contributed by atoms with E-state index in [9.17, 15) is 0 Å². The molecule has 2 N–H and O–H groups in total. The van der Waals surface area contributed by atoms with E-state index >= 15 is 0 Å². The number of benzene rings is 2. The second-order valence-corrected chi connectivity index (χ2v) is 5.67. The lowest BCUT2D eigenvalue weighted by molar-refractivity contribution is 0.415. The van der Waals surface area contributed by atoms with E-state index in [1.54, 1.807) is 18.4 Å². The summed E-state index contributed by atoms with van der Waals surface area (Å²) in [6, 6.07) is 18.1. The van der Waals surface area contributed by atoms with E-state index in [1.165, 1.54) is 0 Å². The molecule has 1 aromatic heterocycles. The summed E-state index contributed by atoms with van der Waals surface area (Å²) in [5, 5.41) is 0.983. The van der Waals surface area contributed by atoms with E-state index in [0.29, 0.717) is 6.54 Å². The van der Waals surface area contributed by atoms with Crippen molar-refractivity contribution in [3.05, 3.63) is 59.5 Å². The molecular formula is C17H16N2OS. The number of thiazole rings is 1. The van der Waals surface area contributed by atoms with Gasteiger partial charge >= 0.3 is 0 Å². The van der Waals surface area contributed by atoms with Crippen molar-refractivity contribution in [1.29, 1.82) is 0 Å². The first-order valence-corrected chi connectivity index (χ1v) is 7.53. The molecule has 3 rings (SSSR count). The third-order valence-corrected chi connectivity index (χ3v) is 4.39. The summed E-state index contributed by atoms with van der Waals surface area (Å²) < 4.78 is 5.19. The molecule has 0 unspecified atom stereocenters. The highest BCUT2D eigenvalue weighted by molar-refractivity contribution is 7.15. The molecule has 0 fully saturated rings. The monoisotopic (exact) mass is 296 g/mol. The van der Waals surface area contributed by atoms with Gasteiger partial charge in [-0.3, -0.25) is 0 Å². The molecule has 1 heterocycles. The Kier molecular flexibility index (Phi) is 3.99. The van der Waals surface area contributed by atoms with E-state index < -0.39 is 0 Å². The van der Waals surface area contributed by atoms with Crippen LogP contribution in [-0.2, 0) is 6.54 Å². The fourth-order valence-corrected chi connectivity index (χ4v) is 3.14. The second kappa shape index (κ2) is 6.08. The number of ether oxygens (including phenoxy) is 1. The van der Waals surface area contributed by atoms with Crippen molar-refractivity contribution in [3.63, 3.8) is 0 Å². The molecule has 0 amide bonds. The first kappa shape index (κ1) is 13.8. The molecule has 3 nitrogen and oxygen atoms in total. The Hall–Kier alpha value is -2.17. The van der Waals surface area contributed by atoms with Gasteiger partial charge in [-0.05, 0) is 24.3 Å². The van der Waals surface area contributed by atoms with Crippen LogP contribution in [0.2, 0.25) is 0 Å². The molecule has 4 heteroatoms. The van der Waals surface area contributed by atoms with Gasteiger partial charge in [0.05, 0.1) is 12.8 Å². The second-order valence-electron chi connectivity index (χ2n) is 4.59. The normalized spacial score (nSPS) is 10.6. The van der Waals surface area contributed by atoms with E-state index in [2.05, 4.69) is 12.1 Å². The zero-order valence-electron chi connectivity index (χ0n) is 11.7. The van der Waals surface area contributed by atoms with Gasteiger partial charge in [-0.1, -0.05) is 30.3 Å². The summed E-state index contributed by atoms with van der Waals surface area (Å²) in [5.41, 5.74) is 9.04. The zero-order chi connectivity index (χ0) is 14.7. The number of methoxy groups -OCH3 is 1. The van der Waals surface area contributed by atoms with Gasteiger partial charge in [0.25, 0.3) is 0 Å². The summed E-state index contributed by atoms with van der Waals surface area (Å²) in [7, 11) is 1.67. The lowest BCUT2D eigenvalue weighted by Crippen LogP contribution is -1.95. The Labute approximate surface area is 128 Å². The van der Waals surface area contributed by atoms with Gasteiger partial charge in [-0.2, -0.15) is 0 Å². The average Bonchev–Trinajstić information content (AvgIpc) is 3.00. The van der Waals surface area contributed by atoms with Crippen LogP contribution in [0, 0.1) is 0 Å². The summed E-state index contributed by atoms with van der Waals surface area (Å²) in [6.07, 6.45) is 0. The predicted molar refractivity (Wildman–Crippen MR) is 87.4 cm³/mol. The molecule has 0 saturated heterocycles. The third-order valence-electron chi connectivity index (χ3n) is 3.27. The summed E-state index contributed by atoms with van der Waals surface area (Å²) in [5.74, 6) is 0.845. The number of rotatable bonds is 4. The number of nitrogens with zero attached hydrogens (tertiary/aromatic N) is 1. The van der Waals surface area contributed by atoms with Crippen molar-refractivity contribution in [1.82, 2.24) is 4.98 Å². The van der Waals surface area contributed by atoms with Crippen molar-refractivity contribution < 1.29 is 4.74 Å². The molecule has 0 radical (unpaired) electrons. The Bertz CT molecular complexity index is 720. The topological polar surface area (TPSA) is 48.1 Å². The van der Waals surface area contributed by atoms with Gasteiger partial charge in [0.1, 0.15) is 10.8 Å². The highest BCUT2D eigenvalue weighted by Crippen LogP contribution is 2.34. The molecule has 2 aromatic carbocycles. The fraction of sp³-hybridized carbons (Fsp3) is 0.118. The van der Waals surface area contributed by atoms with E-state index in [4.69, 9.17) is 15.5 Å². The standard InChI is InChI=1S/C17H16N2OS/c1-20-14-9-7-13(8-10-14)17-19-16(15(11-18)21-17)12-5-3-2-4-6-12/h2-10H,11,18H2,1H3. The molecule has 0 spiro atoms. The molecule has 0 atom stereocenters. The van der Waals surface area contributed by atoms with Crippen LogP contribution in [0.15, 0.2) is 54.6 Å². The molecule has 0 aliphatic carbocycles. The van der Waals surface area contributed by atoms with Crippen LogP contribution in [0.4, 0.5) is 0 Å². The van der Waals surface area contributed by atoms with Crippen LogP contribution in [0.5, 0.6) is 5.75 Å². The summed E-state index contributed by atoms with van der Waals surface area (Å²) in [6.45, 7) is 0.498. The van der Waals surface area contributed by atoms with Crippen LogP contribution >= 0.6 is 11.3 Å². The maximum absolute atomic E-state index is 5.88. The number of hydrogen-bond acceptors (Lipinski definition) is 4. The Morgan fingerprint density at radius 1 is 1.00 bits per heavy atom. The van der Waals surface area contributed by atoms with Gasteiger partial charge in [-0.15, -0.1) is 11.3 Å². The molecule has 3 aromatic rings. The van der Waals surface area contributed by atoms with Crippen molar-refractivity contribution in [3.8, 4) is 27.6 Å². The van der Waals surface area contributed by atoms with E-state index in [-0.39, 0.29) is 0 Å². The summed E-state index contributed by atoms with van der Waals surface area (Å²) in [4.78, 5) is 5.88. The molecular weight excluding hydrogens is 280 g/mol. The van der Waals surface area contributed by atoms with Crippen LogP contribution < -0.4 is 10.5 Å². The van der Waals surface area contributed by atoms with Crippen molar-refractivity contribution in [2.75, 3.05) is 7.11 Å². The van der Waals surface area contributed by atoms with Gasteiger partial charge in [0.15, 0.2) is 0 Å². The molecule has 21 heavy (non-hydrogen) atoms. The van der Waals surface area contributed by atoms with E-state index in [1.807, 2.05) is 42.5 Å². The van der Waals surface area contributed by atoms with Crippen molar-refractivity contribution in [2.45, 2.75) is 6.54 Å². The van der Waals surface area contributed by atoms with Crippen molar-refractivity contribution in [2.24, 2.45) is 5.73 Å². The third kappa shape index (κ3) is 2.82. The fourth-order valence-electron chi connectivity index (χ4n) is 2.17. The number of hydrogen-bond donors (Lipinski definition) is 1. The quantitative estimate of drug-likeness (QED) is 0.793. The SMILES string of the molecule is COc1ccc(-c2nc(-c3ccccc3)c(CN)s2)cc1.